The van der Waals surface area contributed by atoms with E-state index in [0.29, 0.717) is 12.8 Å². The molecule has 0 saturated carbocycles. The Labute approximate surface area is 217 Å². The van der Waals surface area contributed by atoms with Crippen molar-refractivity contribution >= 4 is 35.3 Å². The Hall–Kier alpha value is -2.58. The molecule has 0 aromatic heterocycles. The summed E-state index contributed by atoms with van der Waals surface area (Å²) in [6.45, 7) is 20.9. The SMILES string of the molecule is CC(C)(C)C(=O)COC(=O)C(C)(C)C.CC(C)C(=O)COC(=O)C(C)C.CCC(=O)COC(=O)CC. The highest BCUT2D eigenvalue weighted by Gasteiger charge is 2.27. The van der Waals surface area contributed by atoms with Crippen LogP contribution in [0.25, 0.3) is 0 Å². The first kappa shape index (κ1) is 38.0. The molecule has 0 fully saturated rings. The van der Waals surface area contributed by atoms with Gasteiger partial charge < -0.3 is 14.2 Å². The zero-order chi connectivity index (χ0) is 29.3. The molecule has 0 aliphatic heterocycles. The largest absolute Gasteiger partial charge is 0.458 e. The van der Waals surface area contributed by atoms with Gasteiger partial charge in [0.05, 0.1) is 11.3 Å². The van der Waals surface area contributed by atoms with Crippen LogP contribution in [-0.2, 0) is 43.0 Å². The predicted octanol–water partition coefficient (Wildman–Crippen LogP) is 4.52. The van der Waals surface area contributed by atoms with Crippen molar-refractivity contribution in [2.45, 2.75) is 95.9 Å². The second kappa shape index (κ2) is 18.7. The predicted molar refractivity (Wildman–Crippen MR) is 137 cm³/mol. The molecule has 0 aromatic carbocycles. The van der Waals surface area contributed by atoms with Gasteiger partial charge in [0, 0.05) is 24.2 Å². The molecule has 0 bridgehead atoms. The molecular weight excluding hydrogens is 468 g/mol. The van der Waals surface area contributed by atoms with E-state index in [1.54, 1.807) is 83.1 Å². The number of Topliss-reactive ketones (excluding diaryl/α,β-unsaturated/α-hetero) is 3. The van der Waals surface area contributed by atoms with Gasteiger partial charge in [0.2, 0.25) is 0 Å². The maximum Gasteiger partial charge on any atom is 0.311 e. The van der Waals surface area contributed by atoms with Gasteiger partial charge in [0.1, 0.15) is 13.2 Å². The Kier molecular flexibility index (Phi) is 19.7. The van der Waals surface area contributed by atoms with Gasteiger partial charge in [-0.05, 0) is 20.8 Å². The molecule has 0 amide bonds. The molecule has 0 aromatic rings. The van der Waals surface area contributed by atoms with Crippen molar-refractivity contribution in [1.29, 1.82) is 0 Å². The first-order chi connectivity index (χ1) is 16.2. The normalized spacial score (nSPS) is 10.8. The lowest BCUT2D eigenvalue weighted by Gasteiger charge is -2.20. The minimum atomic E-state index is -0.543. The van der Waals surface area contributed by atoms with Crippen LogP contribution in [0.4, 0.5) is 0 Å². The number of ether oxygens (including phenoxy) is 3. The van der Waals surface area contributed by atoms with E-state index in [1.165, 1.54) is 0 Å². The van der Waals surface area contributed by atoms with Gasteiger partial charge in [-0.25, -0.2) is 0 Å². The van der Waals surface area contributed by atoms with Gasteiger partial charge in [-0.3, -0.25) is 28.8 Å². The van der Waals surface area contributed by atoms with Gasteiger partial charge in [-0.1, -0.05) is 62.3 Å². The molecule has 0 radical (unpaired) electrons. The van der Waals surface area contributed by atoms with Crippen LogP contribution in [0.15, 0.2) is 0 Å². The topological polar surface area (TPSA) is 130 Å². The van der Waals surface area contributed by atoms with Gasteiger partial charge in [0.25, 0.3) is 0 Å². The summed E-state index contributed by atoms with van der Waals surface area (Å²) in [7, 11) is 0. The van der Waals surface area contributed by atoms with Crippen LogP contribution in [0.1, 0.15) is 95.9 Å². The average Bonchev–Trinajstić information content (AvgIpc) is 2.77. The fraction of sp³-hybridized carbons (Fsp3) is 0.778. The van der Waals surface area contributed by atoms with Crippen LogP contribution in [-0.4, -0.2) is 55.1 Å². The zero-order valence-electron chi connectivity index (χ0n) is 24.4. The van der Waals surface area contributed by atoms with E-state index in [1.807, 2.05) is 0 Å². The van der Waals surface area contributed by atoms with Crippen LogP contribution in [0.2, 0.25) is 0 Å². The third-order valence-corrected chi connectivity index (χ3v) is 4.33. The second-order valence-corrected chi connectivity index (χ2v) is 10.8. The Morgan fingerprint density at radius 1 is 0.611 bits per heavy atom. The van der Waals surface area contributed by atoms with Crippen molar-refractivity contribution in [3.63, 3.8) is 0 Å². The van der Waals surface area contributed by atoms with Gasteiger partial charge in [-0.2, -0.15) is 0 Å². The van der Waals surface area contributed by atoms with E-state index >= 15 is 0 Å². The van der Waals surface area contributed by atoms with Crippen LogP contribution in [0.5, 0.6) is 0 Å². The third kappa shape index (κ3) is 21.9. The standard InChI is InChI=1S/C11H20O3.C9H16O3.C7H12O3/c1-10(2,3)8(12)7-14-9(13)11(4,5)6;1-6(2)8(10)5-12-9(11)7(3)4;1-3-6(8)5-10-7(9)4-2/h7H2,1-6H3;6-7H,5H2,1-4H3;3-5H2,1-2H3. The lowest BCUT2D eigenvalue weighted by Crippen LogP contribution is -2.30. The quantitative estimate of drug-likeness (QED) is 0.304. The molecule has 0 unspecified atom stereocenters. The monoisotopic (exact) mass is 516 g/mol. The molecule has 9 heteroatoms. The zero-order valence-corrected chi connectivity index (χ0v) is 24.4. The molecule has 0 saturated heterocycles. The van der Waals surface area contributed by atoms with Gasteiger partial charge in [-0.15, -0.1) is 0 Å². The summed E-state index contributed by atoms with van der Waals surface area (Å²) in [4.78, 5) is 65.6. The van der Waals surface area contributed by atoms with Crippen LogP contribution < -0.4 is 0 Å². The number of carbonyl (C=O) groups is 6. The number of carbonyl (C=O) groups excluding carboxylic acids is 6. The molecule has 9 nitrogen and oxygen atoms in total. The molecule has 0 atom stereocenters. The summed E-state index contributed by atoms with van der Waals surface area (Å²) in [5.41, 5.74) is -0.990. The van der Waals surface area contributed by atoms with E-state index in [2.05, 4.69) is 4.74 Å². The third-order valence-electron chi connectivity index (χ3n) is 4.33. The Balaban J connectivity index is -0.000000460. The summed E-state index contributed by atoms with van der Waals surface area (Å²) in [5, 5.41) is 0. The van der Waals surface area contributed by atoms with Crippen molar-refractivity contribution in [3.8, 4) is 0 Å². The van der Waals surface area contributed by atoms with Crippen LogP contribution in [0, 0.1) is 22.7 Å². The van der Waals surface area contributed by atoms with E-state index in [-0.39, 0.29) is 66.9 Å². The van der Waals surface area contributed by atoms with E-state index in [0.717, 1.165) is 0 Å². The minimum Gasteiger partial charge on any atom is -0.458 e. The van der Waals surface area contributed by atoms with Crippen molar-refractivity contribution in [2.24, 2.45) is 22.7 Å². The summed E-state index contributed by atoms with van der Waals surface area (Å²) < 4.78 is 14.2. The lowest BCUT2D eigenvalue weighted by atomic mass is 9.91. The molecule has 210 valence electrons. The smallest absolute Gasteiger partial charge is 0.311 e. The van der Waals surface area contributed by atoms with E-state index < -0.39 is 10.8 Å². The number of esters is 3. The first-order valence-electron chi connectivity index (χ1n) is 12.3. The molecule has 36 heavy (non-hydrogen) atoms. The van der Waals surface area contributed by atoms with Crippen LogP contribution >= 0.6 is 0 Å². The maximum absolute atomic E-state index is 11.4. The number of ketones is 3. The maximum atomic E-state index is 11.4. The highest BCUT2D eigenvalue weighted by molar-refractivity contribution is 5.87. The summed E-state index contributed by atoms with van der Waals surface area (Å²) >= 11 is 0. The van der Waals surface area contributed by atoms with Crippen molar-refractivity contribution < 1.29 is 43.0 Å². The van der Waals surface area contributed by atoms with Crippen molar-refractivity contribution in [3.05, 3.63) is 0 Å². The number of hydrogen-bond acceptors (Lipinski definition) is 9. The molecule has 0 aliphatic rings. The molecule has 0 N–H and O–H groups in total. The highest BCUT2D eigenvalue weighted by Crippen LogP contribution is 2.18. The fourth-order valence-corrected chi connectivity index (χ4v) is 1.40. The first-order valence-corrected chi connectivity index (χ1v) is 12.3. The second-order valence-electron chi connectivity index (χ2n) is 10.8. The Bertz CT molecular complexity index is 659. The average molecular weight is 517 g/mol. The number of hydrogen-bond donors (Lipinski definition) is 0. The Morgan fingerprint density at radius 2 is 1.11 bits per heavy atom. The lowest BCUT2D eigenvalue weighted by molar-refractivity contribution is -0.157. The minimum absolute atomic E-state index is 0.0380. The van der Waals surface area contributed by atoms with Crippen molar-refractivity contribution in [1.82, 2.24) is 0 Å². The summed E-state index contributed by atoms with van der Waals surface area (Å²) in [6, 6.07) is 0. The summed E-state index contributed by atoms with van der Waals surface area (Å²) in [5.74, 6) is -1.34. The van der Waals surface area contributed by atoms with E-state index in [4.69, 9.17) is 9.47 Å². The molecule has 0 aliphatic carbocycles. The molecular formula is C27H48O9. The molecule has 0 rings (SSSR count). The number of rotatable bonds is 10. The van der Waals surface area contributed by atoms with Gasteiger partial charge in [0.15, 0.2) is 24.0 Å². The molecule has 0 heterocycles. The fourth-order valence-electron chi connectivity index (χ4n) is 1.40. The highest BCUT2D eigenvalue weighted by atomic mass is 16.5. The van der Waals surface area contributed by atoms with E-state index in [9.17, 15) is 28.8 Å². The van der Waals surface area contributed by atoms with Gasteiger partial charge >= 0.3 is 17.9 Å². The summed E-state index contributed by atoms with van der Waals surface area (Å²) in [6.07, 6.45) is 0.758. The van der Waals surface area contributed by atoms with Crippen LogP contribution in [0.3, 0.4) is 0 Å². The molecule has 0 spiro atoms. The van der Waals surface area contributed by atoms with Crippen molar-refractivity contribution in [2.75, 3.05) is 19.8 Å². The Morgan fingerprint density at radius 3 is 1.44 bits per heavy atom.